The van der Waals surface area contributed by atoms with E-state index in [4.69, 9.17) is 0 Å². The molecule has 0 amide bonds. The number of esters is 1. The van der Waals surface area contributed by atoms with E-state index in [9.17, 15) is 4.79 Å². The first-order chi connectivity index (χ1) is 4.95. The normalized spacial score (nSPS) is 12.0. The van der Waals surface area contributed by atoms with Crippen molar-refractivity contribution in [2.75, 3.05) is 7.11 Å². The maximum absolute atomic E-state index is 10.6. The van der Waals surface area contributed by atoms with Crippen LogP contribution in [0.15, 0.2) is 12.2 Å². The molecule has 0 unspecified atom stereocenters. The summed E-state index contributed by atoms with van der Waals surface area (Å²) >= 11 is 0. The summed E-state index contributed by atoms with van der Waals surface area (Å²) < 4.78 is 4.47. The molecule has 2 heteroatoms. The maximum Gasteiger partial charge on any atom is 0.309 e. The molecular formula is C9H16O2. The van der Waals surface area contributed by atoms with Gasteiger partial charge in [0.1, 0.15) is 0 Å². The van der Waals surface area contributed by atoms with Gasteiger partial charge in [-0.05, 0) is 5.41 Å². The molecule has 64 valence electrons. The van der Waals surface area contributed by atoms with E-state index in [1.807, 2.05) is 12.2 Å². The van der Waals surface area contributed by atoms with E-state index < -0.39 is 0 Å². The number of ether oxygens (including phenoxy) is 1. The van der Waals surface area contributed by atoms with Crippen LogP contribution in [-0.4, -0.2) is 13.1 Å². The second kappa shape index (κ2) is 4.16. The molecule has 0 aliphatic rings. The van der Waals surface area contributed by atoms with Crippen molar-refractivity contribution in [3.8, 4) is 0 Å². The monoisotopic (exact) mass is 156 g/mol. The van der Waals surface area contributed by atoms with E-state index in [0.29, 0.717) is 6.42 Å². The lowest BCUT2D eigenvalue weighted by molar-refractivity contribution is -0.139. The van der Waals surface area contributed by atoms with Crippen molar-refractivity contribution >= 4 is 5.97 Å². The van der Waals surface area contributed by atoms with Crippen molar-refractivity contribution < 1.29 is 9.53 Å². The number of carbonyl (C=O) groups is 1. The molecule has 0 saturated heterocycles. The fourth-order valence-electron chi connectivity index (χ4n) is 0.592. The number of carbonyl (C=O) groups excluding carboxylic acids is 1. The molecule has 0 aliphatic heterocycles. The van der Waals surface area contributed by atoms with Gasteiger partial charge in [0.15, 0.2) is 0 Å². The Hall–Kier alpha value is -0.790. The van der Waals surface area contributed by atoms with Gasteiger partial charge in [-0.3, -0.25) is 4.79 Å². The molecule has 0 bridgehead atoms. The van der Waals surface area contributed by atoms with Crippen LogP contribution in [0, 0.1) is 5.41 Å². The van der Waals surface area contributed by atoms with Gasteiger partial charge in [-0.2, -0.15) is 0 Å². The third-order valence-electron chi connectivity index (χ3n) is 1.13. The summed E-state index contributed by atoms with van der Waals surface area (Å²) in [6.07, 6.45) is 4.21. The molecule has 0 N–H and O–H groups in total. The molecule has 11 heavy (non-hydrogen) atoms. The van der Waals surface area contributed by atoms with Crippen LogP contribution in [0.2, 0.25) is 0 Å². The highest BCUT2D eigenvalue weighted by molar-refractivity contribution is 5.70. The molecule has 0 aliphatic carbocycles. The minimum atomic E-state index is -0.189. The molecule has 0 aromatic rings. The summed E-state index contributed by atoms with van der Waals surface area (Å²) in [4.78, 5) is 10.6. The largest absolute Gasteiger partial charge is 0.469 e. The fourth-order valence-corrected chi connectivity index (χ4v) is 0.592. The molecule has 0 fully saturated rings. The van der Waals surface area contributed by atoms with Gasteiger partial charge in [0.25, 0.3) is 0 Å². The van der Waals surface area contributed by atoms with Gasteiger partial charge in [-0.15, -0.1) is 0 Å². The van der Waals surface area contributed by atoms with Crippen LogP contribution in [-0.2, 0) is 9.53 Å². The van der Waals surface area contributed by atoms with Crippen molar-refractivity contribution in [3.05, 3.63) is 12.2 Å². The quantitative estimate of drug-likeness (QED) is 0.452. The van der Waals surface area contributed by atoms with Gasteiger partial charge in [0, 0.05) is 0 Å². The van der Waals surface area contributed by atoms with Gasteiger partial charge >= 0.3 is 5.97 Å². The smallest absolute Gasteiger partial charge is 0.309 e. The van der Waals surface area contributed by atoms with Crippen LogP contribution in [0.1, 0.15) is 27.2 Å². The lowest BCUT2D eigenvalue weighted by Crippen LogP contribution is -2.01. The first-order valence-corrected chi connectivity index (χ1v) is 3.70. The lowest BCUT2D eigenvalue weighted by atomic mass is 9.96. The van der Waals surface area contributed by atoms with Crippen molar-refractivity contribution in [1.29, 1.82) is 0 Å². The van der Waals surface area contributed by atoms with Crippen LogP contribution >= 0.6 is 0 Å². The number of hydrogen-bond donors (Lipinski definition) is 0. The predicted molar refractivity (Wildman–Crippen MR) is 45.2 cm³/mol. The fraction of sp³-hybridized carbons (Fsp3) is 0.667. The van der Waals surface area contributed by atoms with Gasteiger partial charge in [-0.25, -0.2) is 0 Å². The molecule has 0 heterocycles. The Kier molecular flexibility index (Phi) is 3.86. The average Bonchev–Trinajstić information content (AvgIpc) is 1.85. The SMILES string of the molecule is COC(=O)C/C=C\C(C)(C)C. The minimum Gasteiger partial charge on any atom is -0.469 e. The molecule has 0 aromatic carbocycles. The zero-order chi connectivity index (χ0) is 8.91. The molecular weight excluding hydrogens is 140 g/mol. The third kappa shape index (κ3) is 7.10. The topological polar surface area (TPSA) is 26.3 Å². The molecule has 0 spiro atoms. The molecule has 0 aromatic heterocycles. The van der Waals surface area contributed by atoms with E-state index in [0.717, 1.165) is 0 Å². The summed E-state index contributed by atoms with van der Waals surface area (Å²) in [6.45, 7) is 6.25. The third-order valence-corrected chi connectivity index (χ3v) is 1.13. The standard InChI is InChI=1S/C9H16O2/c1-9(2,3)7-5-6-8(10)11-4/h5,7H,6H2,1-4H3/b7-5-. The van der Waals surface area contributed by atoms with Crippen molar-refractivity contribution in [2.24, 2.45) is 5.41 Å². The van der Waals surface area contributed by atoms with Crippen molar-refractivity contribution in [3.63, 3.8) is 0 Å². The Morgan fingerprint density at radius 3 is 2.36 bits per heavy atom. The van der Waals surface area contributed by atoms with Crippen LogP contribution in [0.5, 0.6) is 0 Å². The van der Waals surface area contributed by atoms with Crippen molar-refractivity contribution in [2.45, 2.75) is 27.2 Å². The first-order valence-electron chi connectivity index (χ1n) is 3.70. The Bertz CT molecular complexity index is 151. The highest BCUT2D eigenvalue weighted by atomic mass is 16.5. The lowest BCUT2D eigenvalue weighted by Gasteiger charge is -2.10. The van der Waals surface area contributed by atoms with E-state index in [1.165, 1.54) is 7.11 Å². The zero-order valence-corrected chi connectivity index (χ0v) is 7.68. The van der Waals surface area contributed by atoms with Gasteiger partial charge in [0.2, 0.25) is 0 Å². The summed E-state index contributed by atoms with van der Waals surface area (Å²) in [5, 5.41) is 0. The average molecular weight is 156 g/mol. The van der Waals surface area contributed by atoms with Gasteiger partial charge in [0.05, 0.1) is 13.5 Å². The highest BCUT2D eigenvalue weighted by Crippen LogP contribution is 2.14. The molecule has 0 saturated carbocycles. The Balaban J connectivity index is 3.70. The van der Waals surface area contributed by atoms with Crippen LogP contribution in [0.25, 0.3) is 0 Å². The summed E-state index contributed by atoms with van der Waals surface area (Å²) in [5.41, 5.74) is 0.147. The van der Waals surface area contributed by atoms with Gasteiger partial charge in [-0.1, -0.05) is 32.9 Å². The number of hydrogen-bond acceptors (Lipinski definition) is 2. The van der Waals surface area contributed by atoms with Gasteiger partial charge < -0.3 is 4.74 Å². The minimum absolute atomic E-state index is 0.147. The van der Waals surface area contributed by atoms with E-state index >= 15 is 0 Å². The highest BCUT2D eigenvalue weighted by Gasteiger charge is 2.03. The van der Waals surface area contributed by atoms with E-state index in [2.05, 4.69) is 25.5 Å². The van der Waals surface area contributed by atoms with Crippen LogP contribution in [0.4, 0.5) is 0 Å². The van der Waals surface area contributed by atoms with E-state index in [-0.39, 0.29) is 11.4 Å². The van der Waals surface area contributed by atoms with E-state index in [1.54, 1.807) is 0 Å². The maximum atomic E-state index is 10.6. The zero-order valence-electron chi connectivity index (χ0n) is 7.68. The first kappa shape index (κ1) is 10.2. The number of rotatable bonds is 2. The number of methoxy groups -OCH3 is 1. The summed E-state index contributed by atoms with van der Waals surface area (Å²) in [6, 6.07) is 0. The Morgan fingerprint density at radius 2 is 2.00 bits per heavy atom. The Morgan fingerprint density at radius 1 is 1.45 bits per heavy atom. The molecule has 0 radical (unpaired) electrons. The second-order valence-corrected chi connectivity index (χ2v) is 3.55. The molecule has 2 nitrogen and oxygen atoms in total. The second-order valence-electron chi connectivity index (χ2n) is 3.55. The molecule has 0 atom stereocenters. The molecule has 0 rings (SSSR count). The summed E-state index contributed by atoms with van der Waals surface area (Å²) in [7, 11) is 1.40. The van der Waals surface area contributed by atoms with Crippen LogP contribution in [0.3, 0.4) is 0 Å². The predicted octanol–water partition coefficient (Wildman–Crippen LogP) is 2.15. The van der Waals surface area contributed by atoms with Crippen molar-refractivity contribution in [1.82, 2.24) is 0 Å². The summed E-state index contributed by atoms with van der Waals surface area (Å²) in [5.74, 6) is -0.189. The Labute approximate surface area is 68.2 Å². The number of allylic oxidation sites excluding steroid dienone is 1. The van der Waals surface area contributed by atoms with Crippen LogP contribution < -0.4 is 0 Å².